The highest BCUT2D eigenvalue weighted by molar-refractivity contribution is 6.31. The van der Waals surface area contributed by atoms with Crippen LogP contribution >= 0.6 is 11.6 Å². The zero-order chi connectivity index (χ0) is 26.9. The van der Waals surface area contributed by atoms with Crippen LogP contribution in [-0.2, 0) is 6.54 Å². The molecule has 1 aromatic heterocycles. The number of phenols is 1. The molecule has 7 nitrogen and oxygen atoms in total. The van der Waals surface area contributed by atoms with Gasteiger partial charge in [-0.3, -0.25) is 9.89 Å². The number of carbonyl (C=O) groups is 1. The van der Waals surface area contributed by atoms with Crippen LogP contribution in [0.5, 0.6) is 23.0 Å². The molecular formula is C31H24ClN3O4. The van der Waals surface area contributed by atoms with E-state index >= 15 is 0 Å². The normalized spacial score (nSPS) is 14.4. The molecule has 1 aliphatic heterocycles. The van der Waals surface area contributed by atoms with Gasteiger partial charge >= 0.3 is 0 Å². The Labute approximate surface area is 230 Å². The van der Waals surface area contributed by atoms with Gasteiger partial charge in [-0.05, 0) is 65.7 Å². The number of aromatic nitrogens is 2. The van der Waals surface area contributed by atoms with Crippen LogP contribution in [0.15, 0.2) is 97.1 Å². The zero-order valence-corrected chi connectivity index (χ0v) is 21.7. The molecule has 2 heterocycles. The molecule has 4 aromatic carbocycles. The number of rotatable bonds is 7. The van der Waals surface area contributed by atoms with Crippen LogP contribution < -0.4 is 9.47 Å². The number of para-hydroxylation sites is 1. The minimum absolute atomic E-state index is 0.0228. The number of fused-ring (bicyclic) bond motifs is 1. The molecule has 1 amide bonds. The second-order valence-electron chi connectivity index (χ2n) is 9.19. The summed E-state index contributed by atoms with van der Waals surface area (Å²) in [5.41, 5.74) is 3.74. The standard InChI is InChI=1S/C31H24ClN3O4/c1-38-22-13-10-19(11-14-22)18-35-30(20-6-5-9-24(16-20)39-23-7-3-2-4-8-23)27-28(33-34-29(27)31(35)37)25-17-21(32)12-15-26(25)36/h2-17,30,36H,18H2,1H3,(H,33,34). The minimum Gasteiger partial charge on any atom is -0.507 e. The van der Waals surface area contributed by atoms with Crippen LogP contribution in [0.3, 0.4) is 0 Å². The summed E-state index contributed by atoms with van der Waals surface area (Å²) >= 11 is 6.27. The first-order valence-corrected chi connectivity index (χ1v) is 12.7. The number of nitrogens with zero attached hydrogens (tertiary/aromatic N) is 2. The Balaban J connectivity index is 1.46. The molecule has 39 heavy (non-hydrogen) atoms. The quantitative estimate of drug-likeness (QED) is 0.234. The Morgan fingerprint density at radius 2 is 1.69 bits per heavy atom. The van der Waals surface area contributed by atoms with E-state index in [0.29, 0.717) is 45.6 Å². The minimum atomic E-state index is -0.499. The zero-order valence-electron chi connectivity index (χ0n) is 21.0. The van der Waals surface area contributed by atoms with Crippen molar-refractivity contribution in [2.45, 2.75) is 12.6 Å². The lowest BCUT2D eigenvalue weighted by Gasteiger charge is -2.27. The number of aromatic hydroxyl groups is 1. The van der Waals surface area contributed by atoms with Crippen LogP contribution in [0.2, 0.25) is 5.02 Å². The summed E-state index contributed by atoms with van der Waals surface area (Å²) in [7, 11) is 1.62. The van der Waals surface area contributed by atoms with Gasteiger partial charge in [-0.2, -0.15) is 5.10 Å². The SMILES string of the molecule is COc1ccc(CN2C(=O)c3[nH]nc(-c4cc(Cl)ccc4O)c3C2c2cccc(Oc3ccccc3)c2)cc1. The molecule has 1 atom stereocenters. The molecule has 2 N–H and O–H groups in total. The van der Waals surface area contributed by atoms with Crippen LogP contribution in [0.25, 0.3) is 11.3 Å². The lowest BCUT2D eigenvalue weighted by atomic mass is 9.95. The topological polar surface area (TPSA) is 87.7 Å². The molecule has 8 heteroatoms. The van der Waals surface area contributed by atoms with Gasteiger partial charge in [0.25, 0.3) is 5.91 Å². The van der Waals surface area contributed by atoms with Crippen LogP contribution in [0.1, 0.15) is 33.2 Å². The number of halogens is 1. The van der Waals surface area contributed by atoms with E-state index in [9.17, 15) is 9.90 Å². The maximum Gasteiger partial charge on any atom is 0.273 e. The molecule has 0 saturated heterocycles. The Morgan fingerprint density at radius 1 is 0.923 bits per heavy atom. The first-order chi connectivity index (χ1) is 19.0. The van der Waals surface area contributed by atoms with Gasteiger partial charge in [-0.15, -0.1) is 0 Å². The smallest absolute Gasteiger partial charge is 0.273 e. The highest BCUT2D eigenvalue weighted by atomic mass is 35.5. The lowest BCUT2D eigenvalue weighted by molar-refractivity contribution is 0.0730. The molecule has 1 unspecified atom stereocenters. The van der Waals surface area contributed by atoms with Crippen molar-refractivity contribution >= 4 is 17.5 Å². The van der Waals surface area contributed by atoms with E-state index in [1.807, 2.05) is 78.9 Å². The third-order valence-electron chi connectivity index (χ3n) is 6.74. The second-order valence-corrected chi connectivity index (χ2v) is 9.63. The maximum atomic E-state index is 13.8. The van der Waals surface area contributed by atoms with E-state index < -0.39 is 6.04 Å². The summed E-state index contributed by atoms with van der Waals surface area (Å²) in [4.78, 5) is 15.6. The fourth-order valence-corrected chi connectivity index (χ4v) is 5.08. The van der Waals surface area contributed by atoms with Crippen molar-refractivity contribution in [2.24, 2.45) is 0 Å². The summed E-state index contributed by atoms with van der Waals surface area (Å²) < 4.78 is 11.4. The number of nitrogens with one attached hydrogen (secondary N) is 1. The second kappa shape index (κ2) is 10.2. The van der Waals surface area contributed by atoms with Gasteiger partial charge in [0.2, 0.25) is 0 Å². The van der Waals surface area contributed by atoms with Crippen LogP contribution in [0.4, 0.5) is 0 Å². The Hall–Kier alpha value is -4.75. The summed E-state index contributed by atoms with van der Waals surface area (Å²) in [6.45, 7) is 0.348. The van der Waals surface area contributed by atoms with Gasteiger partial charge in [0.05, 0.1) is 13.2 Å². The van der Waals surface area contributed by atoms with E-state index in [-0.39, 0.29) is 11.7 Å². The first-order valence-electron chi connectivity index (χ1n) is 12.4. The maximum absolute atomic E-state index is 13.8. The molecule has 0 radical (unpaired) electrons. The Kier molecular flexibility index (Phi) is 6.42. The number of hydrogen-bond donors (Lipinski definition) is 2. The van der Waals surface area contributed by atoms with Crippen molar-refractivity contribution in [3.8, 4) is 34.3 Å². The van der Waals surface area contributed by atoms with Crippen molar-refractivity contribution < 1.29 is 19.4 Å². The average Bonchev–Trinajstić information content (AvgIpc) is 3.50. The van der Waals surface area contributed by atoms with Crippen LogP contribution in [0, 0.1) is 0 Å². The van der Waals surface area contributed by atoms with Crippen molar-refractivity contribution in [1.82, 2.24) is 15.1 Å². The van der Waals surface area contributed by atoms with Crippen molar-refractivity contribution in [2.75, 3.05) is 7.11 Å². The van der Waals surface area contributed by atoms with Gasteiger partial charge < -0.3 is 19.5 Å². The average molecular weight is 538 g/mol. The van der Waals surface area contributed by atoms with Gasteiger partial charge in [-0.1, -0.05) is 54.1 Å². The molecule has 0 aliphatic carbocycles. The molecule has 0 saturated carbocycles. The van der Waals surface area contributed by atoms with E-state index in [1.54, 1.807) is 24.1 Å². The molecule has 0 fully saturated rings. The van der Waals surface area contributed by atoms with E-state index in [4.69, 9.17) is 21.1 Å². The van der Waals surface area contributed by atoms with Gasteiger partial charge in [0.15, 0.2) is 0 Å². The molecular weight excluding hydrogens is 514 g/mol. The predicted octanol–water partition coefficient (Wildman–Crippen LogP) is 6.98. The third-order valence-corrected chi connectivity index (χ3v) is 6.98. The largest absolute Gasteiger partial charge is 0.507 e. The molecule has 6 rings (SSSR count). The lowest BCUT2D eigenvalue weighted by Crippen LogP contribution is -2.29. The summed E-state index contributed by atoms with van der Waals surface area (Å²) in [5.74, 6) is 1.91. The Morgan fingerprint density at radius 3 is 2.46 bits per heavy atom. The van der Waals surface area contributed by atoms with Crippen LogP contribution in [-0.4, -0.2) is 33.2 Å². The molecule has 0 spiro atoms. The van der Waals surface area contributed by atoms with E-state index in [2.05, 4.69) is 10.2 Å². The number of phenolic OH excluding ortho intramolecular Hbond substituents is 1. The predicted molar refractivity (Wildman–Crippen MR) is 148 cm³/mol. The number of carbonyl (C=O) groups excluding carboxylic acids is 1. The fraction of sp³-hybridized carbons (Fsp3) is 0.0968. The number of methoxy groups -OCH3 is 1. The summed E-state index contributed by atoms with van der Waals surface area (Å²) in [6, 6.07) is 29.1. The number of aromatic amines is 1. The number of amides is 1. The number of hydrogen-bond acceptors (Lipinski definition) is 5. The molecule has 5 aromatic rings. The number of H-pyrrole nitrogens is 1. The highest BCUT2D eigenvalue weighted by Gasteiger charge is 2.42. The summed E-state index contributed by atoms with van der Waals surface area (Å²) in [5, 5.41) is 18.5. The van der Waals surface area contributed by atoms with E-state index in [0.717, 1.165) is 16.9 Å². The monoisotopic (exact) mass is 537 g/mol. The highest BCUT2D eigenvalue weighted by Crippen LogP contribution is 2.46. The third kappa shape index (κ3) is 4.69. The van der Waals surface area contributed by atoms with Crippen molar-refractivity contribution in [3.05, 3.63) is 124 Å². The number of ether oxygens (including phenoxy) is 2. The first kappa shape index (κ1) is 24.6. The van der Waals surface area contributed by atoms with Gasteiger partial charge in [-0.25, -0.2) is 0 Å². The van der Waals surface area contributed by atoms with Crippen molar-refractivity contribution in [3.63, 3.8) is 0 Å². The molecule has 1 aliphatic rings. The number of benzene rings is 4. The van der Waals surface area contributed by atoms with Gasteiger partial charge in [0.1, 0.15) is 34.4 Å². The van der Waals surface area contributed by atoms with Gasteiger partial charge in [0, 0.05) is 22.7 Å². The summed E-state index contributed by atoms with van der Waals surface area (Å²) in [6.07, 6.45) is 0. The van der Waals surface area contributed by atoms with Crippen molar-refractivity contribution in [1.29, 1.82) is 0 Å². The molecule has 0 bridgehead atoms. The van der Waals surface area contributed by atoms with E-state index in [1.165, 1.54) is 6.07 Å². The fourth-order valence-electron chi connectivity index (χ4n) is 4.91. The molecule has 194 valence electrons. The Bertz CT molecular complexity index is 1650.